The normalized spacial score (nSPS) is 14.4. The van der Waals surface area contributed by atoms with Crippen LogP contribution in [0.4, 0.5) is 0 Å². The van der Waals surface area contributed by atoms with E-state index in [1.165, 1.54) is 71.6 Å². The molecule has 0 aliphatic heterocycles. The van der Waals surface area contributed by atoms with Gasteiger partial charge in [-0.05, 0) is 83.6 Å². The van der Waals surface area contributed by atoms with E-state index < -0.39 is 0 Å². The average molecular weight is 731 g/mol. The minimum absolute atomic E-state index is 0.287. The molecule has 3 heterocycles. The van der Waals surface area contributed by atoms with E-state index in [-0.39, 0.29) is 5.92 Å². The third-order valence-corrected chi connectivity index (χ3v) is 11.7. The highest BCUT2D eigenvalue weighted by Crippen LogP contribution is 2.38. The van der Waals surface area contributed by atoms with Gasteiger partial charge in [0.05, 0.1) is 22.1 Å². The van der Waals surface area contributed by atoms with Crippen LogP contribution in [0.15, 0.2) is 200 Å². The lowest BCUT2D eigenvalue weighted by Gasteiger charge is -2.16. The van der Waals surface area contributed by atoms with Crippen molar-refractivity contribution in [3.05, 3.63) is 212 Å². The fourth-order valence-electron chi connectivity index (χ4n) is 8.89. The van der Waals surface area contributed by atoms with Crippen molar-refractivity contribution in [2.24, 2.45) is 0 Å². The van der Waals surface area contributed by atoms with Crippen molar-refractivity contribution >= 4 is 49.2 Å². The molecule has 0 bridgehead atoms. The minimum Gasteiger partial charge on any atom is -0.309 e. The molecule has 11 rings (SSSR count). The quantitative estimate of drug-likeness (QED) is 0.171. The Bertz CT molecular complexity index is 3130. The van der Waals surface area contributed by atoms with Crippen molar-refractivity contribution in [3.8, 4) is 33.9 Å². The van der Waals surface area contributed by atoms with Crippen molar-refractivity contribution in [1.82, 2.24) is 19.1 Å². The van der Waals surface area contributed by atoms with Gasteiger partial charge in [0.1, 0.15) is 0 Å². The molecule has 10 aromatic rings. The summed E-state index contributed by atoms with van der Waals surface area (Å²) in [4.78, 5) is 9.41. The van der Waals surface area contributed by atoms with Crippen molar-refractivity contribution in [1.29, 1.82) is 0 Å². The predicted molar refractivity (Wildman–Crippen MR) is 237 cm³/mol. The lowest BCUT2D eigenvalue weighted by molar-refractivity contribution is 0.762. The Kier molecular flexibility index (Phi) is 7.99. The summed E-state index contributed by atoms with van der Waals surface area (Å²) in [5, 5.41) is 5.05. The molecule has 1 atom stereocenters. The summed E-state index contributed by atoms with van der Waals surface area (Å²) in [5.74, 6) is 1.04. The van der Waals surface area contributed by atoms with Crippen molar-refractivity contribution in [2.45, 2.75) is 18.8 Å². The fourth-order valence-corrected chi connectivity index (χ4v) is 8.89. The van der Waals surface area contributed by atoms with Crippen LogP contribution in [0.25, 0.3) is 83.1 Å². The van der Waals surface area contributed by atoms with Crippen LogP contribution >= 0.6 is 0 Å². The van der Waals surface area contributed by atoms with Crippen molar-refractivity contribution in [2.75, 3.05) is 0 Å². The number of hydrogen-bond acceptors (Lipinski definition) is 2. The zero-order chi connectivity index (χ0) is 37.7. The van der Waals surface area contributed by atoms with E-state index >= 15 is 0 Å². The predicted octanol–water partition coefficient (Wildman–Crippen LogP) is 13.5. The zero-order valence-electron chi connectivity index (χ0n) is 31.3. The van der Waals surface area contributed by atoms with Crippen LogP contribution in [0.1, 0.15) is 29.9 Å². The number of nitrogens with zero attached hydrogens (tertiary/aromatic N) is 4. The van der Waals surface area contributed by atoms with Crippen LogP contribution in [0.5, 0.6) is 0 Å². The number of allylic oxidation sites excluding steroid dienone is 4. The average Bonchev–Trinajstić information content (AvgIpc) is 3.67. The molecule has 0 radical (unpaired) electrons. The molecule has 57 heavy (non-hydrogen) atoms. The SMILES string of the molecule is C1=CC(c2cccc(-n3c4ccccc4c4ccc(-c5cccc(-n6c7ccccc7c7ccccc76)c5)cc43)c2)CCC(c2cnc(-c3ccccc3)nc2)=C1. The molecule has 1 aliphatic rings. The van der Waals surface area contributed by atoms with Gasteiger partial charge in [-0.3, -0.25) is 0 Å². The molecule has 0 amide bonds. The van der Waals surface area contributed by atoms with E-state index in [0.717, 1.165) is 35.5 Å². The van der Waals surface area contributed by atoms with Gasteiger partial charge in [0.25, 0.3) is 0 Å². The van der Waals surface area contributed by atoms with E-state index in [1.807, 2.05) is 42.7 Å². The van der Waals surface area contributed by atoms with Crippen LogP contribution in [0.3, 0.4) is 0 Å². The van der Waals surface area contributed by atoms with Gasteiger partial charge in [0, 0.05) is 62.4 Å². The summed E-state index contributed by atoms with van der Waals surface area (Å²) in [7, 11) is 0. The number of hydrogen-bond donors (Lipinski definition) is 0. The first-order valence-corrected chi connectivity index (χ1v) is 19.7. The first-order valence-electron chi connectivity index (χ1n) is 19.7. The summed E-state index contributed by atoms with van der Waals surface area (Å²) >= 11 is 0. The molecule has 0 spiro atoms. The molecule has 0 saturated carbocycles. The molecule has 4 heteroatoms. The first-order chi connectivity index (χ1) is 28.3. The number of aromatic nitrogens is 4. The van der Waals surface area contributed by atoms with Crippen LogP contribution in [0.2, 0.25) is 0 Å². The van der Waals surface area contributed by atoms with Gasteiger partial charge in [-0.1, -0.05) is 140 Å². The highest BCUT2D eigenvalue weighted by Gasteiger charge is 2.18. The van der Waals surface area contributed by atoms with Crippen LogP contribution in [0, 0.1) is 0 Å². The maximum absolute atomic E-state index is 4.70. The molecule has 0 fully saturated rings. The maximum Gasteiger partial charge on any atom is 0.159 e. The molecule has 1 aliphatic carbocycles. The fraction of sp³-hybridized carbons (Fsp3) is 0.0566. The number of rotatable bonds is 6. The third-order valence-electron chi connectivity index (χ3n) is 11.7. The molecular weight excluding hydrogens is 693 g/mol. The Morgan fingerprint density at radius 3 is 1.70 bits per heavy atom. The smallest absolute Gasteiger partial charge is 0.159 e. The van der Waals surface area contributed by atoms with Gasteiger partial charge in [0.2, 0.25) is 0 Å². The monoisotopic (exact) mass is 730 g/mol. The van der Waals surface area contributed by atoms with Gasteiger partial charge in [0.15, 0.2) is 5.82 Å². The molecular formula is C53H38N4. The second-order valence-electron chi connectivity index (χ2n) is 15.0. The topological polar surface area (TPSA) is 35.6 Å². The lowest BCUT2D eigenvalue weighted by atomic mass is 9.92. The number of benzene rings is 7. The summed E-state index contributed by atoms with van der Waals surface area (Å²) in [6, 6.07) is 61.4. The van der Waals surface area contributed by atoms with Gasteiger partial charge in [-0.15, -0.1) is 0 Å². The van der Waals surface area contributed by atoms with Crippen molar-refractivity contribution in [3.63, 3.8) is 0 Å². The summed E-state index contributed by atoms with van der Waals surface area (Å²) < 4.78 is 4.84. The maximum atomic E-state index is 4.70. The first kappa shape index (κ1) is 33.1. The summed E-state index contributed by atoms with van der Waals surface area (Å²) in [6.45, 7) is 0. The molecule has 7 aromatic carbocycles. The molecule has 0 saturated heterocycles. The Hall–Kier alpha value is -7.30. The Labute approximate surface area is 331 Å². The second kappa shape index (κ2) is 13.8. The standard InChI is InChI=1S/C53H38N4/c1-2-13-38(14-3-1)53-54-34-42(35-55-53)37-16-10-15-36(27-28-37)39-17-11-20-44(31-39)57-51-26-9-6-23-47(51)48-30-29-41(33-52(48)57)40-18-12-19-43(32-40)56-49-24-7-4-21-45(49)46-22-5-8-25-50(46)56/h1-26,29-36H,27-28H2. The Morgan fingerprint density at radius 2 is 1.00 bits per heavy atom. The highest BCUT2D eigenvalue weighted by molar-refractivity contribution is 6.11. The Balaban J connectivity index is 0.937. The van der Waals surface area contributed by atoms with Gasteiger partial charge < -0.3 is 9.13 Å². The van der Waals surface area contributed by atoms with Gasteiger partial charge in [-0.25, -0.2) is 9.97 Å². The minimum atomic E-state index is 0.287. The van der Waals surface area contributed by atoms with Gasteiger partial charge >= 0.3 is 0 Å². The second-order valence-corrected chi connectivity index (χ2v) is 15.0. The molecule has 4 nitrogen and oxygen atoms in total. The highest BCUT2D eigenvalue weighted by atomic mass is 15.0. The number of fused-ring (bicyclic) bond motifs is 6. The summed E-state index contributed by atoms with van der Waals surface area (Å²) in [5.41, 5.74) is 14.2. The molecule has 270 valence electrons. The zero-order valence-corrected chi connectivity index (χ0v) is 31.3. The van der Waals surface area contributed by atoms with Gasteiger partial charge in [-0.2, -0.15) is 0 Å². The van der Waals surface area contributed by atoms with E-state index in [9.17, 15) is 0 Å². The molecule has 0 N–H and O–H groups in total. The van der Waals surface area contributed by atoms with E-state index in [4.69, 9.17) is 9.97 Å². The third kappa shape index (κ3) is 5.77. The van der Waals surface area contributed by atoms with Crippen LogP contribution < -0.4 is 0 Å². The largest absolute Gasteiger partial charge is 0.309 e. The van der Waals surface area contributed by atoms with Crippen LogP contribution in [-0.2, 0) is 0 Å². The number of para-hydroxylation sites is 3. The lowest BCUT2D eigenvalue weighted by Crippen LogP contribution is -2.00. The van der Waals surface area contributed by atoms with Crippen LogP contribution in [-0.4, -0.2) is 19.1 Å². The Morgan fingerprint density at radius 1 is 0.439 bits per heavy atom. The van der Waals surface area contributed by atoms with E-state index in [2.05, 4.69) is 167 Å². The van der Waals surface area contributed by atoms with Crippen molar-refractivity contribution < 1.29 is 0 Å². The van der Waals surface area contributed by atoms with E-state index in [1.54, 1.807) is 0 Å². The van der Waals surface area contributed by atoms with E-state index in [0.29, 0.717) is 0 Å². The summed E-state index contributed by atoms with van der Waals surface area (Å²) in [6.07, 6.45) is 12.7. The molecule has 3 aromatic heterocycles. The molecule has 1 unspecified atom stereocenters.